The predicted molar refractivity (Wildman–Crippen MR) is 86.0 cm³/mol. The zero-order valence-corrected chi connectivity index (χ0v) is 13.5. The van der Waals surface area contributed by atoms with Gasteiger partial charge >= 0.3 is 0 Å². The first-order valence-corrected chi connectivity index (χ1v) is 9.14. The molecule has 2 aromatic carbocycles. The highest BCUT2D eigenvalue weighted by Crippen LogP contribution is 2.33. The fourth-order valence-electron chi connectivity index (χ4n) is 3.08. The van der Waals surface area contributed by atoms with Crippen LogP contribution in [0.15, 0.2) is 59.5 Å². The summed E-state index contributed by atoms with van der Waals surface area (Å²) < 4.78 is 38.8. The second kappa shape index (κ2) is 6.83. The lowest BCUT2D eigenvalue weighted by atomic mass is 9.87. The topological polar surface area (TPSA) is 66.4 Å². The van der Waals surface area contributed by atoms with E-state index >= 15 is 0 Å². The molecule has 2 unspecified atom stereocenters. The van der Waals surface area contributed by atoms with Gasteiger partial charge in [-0.3, -0.25) is 0 Å². The van der Waals surface area contributed by atoms with Gasteiger partial charge in [0.05, 0.1) is 11.0 Å². The van der Waals surface area contributed by atoms with Crippen LogP contribution in [0.4, 0.5) is 0 Å². The summed E-state index contributed by atoms with van der Waals surface area (Å²) in [6.45, 7) is 0.733. The van der Waals surface area contributed by atoms with Crippen LogP contribution in [0.1, 0.15) is 30.1 Å². The molecule has 1 aliphatic heterocycles. The summed E-state index contributed by atoms with van der Waals surface area (Å²) >= 11 is 0. The van der Waals surface area contributed by atoms with Gasteiger partial charge < -0.3 is 9.29 Å². The molecule has 0 saturated carbocycles. The minimum Gasteiger partial charge on any atom is -0.744 e. The van der Waals surface area contributed by atoms with Gasteiger partial charge in [0, 0.05) is 6.61 Å². The van der Waals surface area contributed by atoms with Crippen LogP contribution in [-0.2, 0) is 21.3 Å². The third kappa shape index (κ3) is 4.19. The van der Waals surface area contributed by atoms with Crippen LogP contribution in [-0.4, -0.2) is 19.6 Å². The van der Waals surface area contributed by atoms with Crippen LogP contribution in [0.3, 0.4) is 0 Å². The largest absolute Gasteiger partial charge is 0.744 e. The molecule has 0 aliphatic carbocycles. The molecule has 1 fully saturated rings. The quantitative estimate of drug-likeness (QED) is 0.806. The Balaban J connectivity index is 1.66. The second-order valence-electron chi connectivity index (χ2n) is 5.96. The van der Waals surface area contributed by atoms with Crippen molar-refractivity contribution >= 4 is 10.1 Å². The number of benzene rings is 2. The minimum atomic E-state index is -4.37. The lowest BCUT2D eigenvalue weighted by Crippen LogP contribution is -2.21. The Morgan fingerprint density at radius 2 is 1.74 bits per heavy atom. The van der Waals surface area contributed by atoms with Crippen molar-refractivity contribution in [2.75, 3.05) is 6.61 Å². The van der Waals surface area contributed by atoms with E-state index in [1.807, 2.05) is 18.2 Å². The monoisotopic (exact) mass is 331 g/mol. The summed E-state index contributed by atoms with van der Waals surface area (Å²) in [5, 5.41) is 0. The first-order valence-electron chi connectivity index (χ1n) is 7.74. The molecule has 0 N–H and O–H groups in total. The molecule has 0 aromatic heterocycles. The first-order chi connectivity index (χ1) is 11.0. The average molecular weight is 331 g/mol. The van der Waals surface area contributed by atoms with Crippen LogP contribution in [0, 0.1) is 5.92 Å². The van der Waals surface area contributed by atoms with E-state index in [0.29, 0.717) is 5.92 Å². The van der Waals surface area contributed by atoms with Gasteiger partial charge in [-0.2, -0.15) is 0 Å². The van der Waals surface area contributed by atoms with Gasteiger partial charge in [-0.05, 0) is 48.4 Å². The summed E-state index contributed by atoms with van der Waals surface area (Å²) in [6, 6.07) is 16.5. The van der Waals surface area contributed by atoms with Crippen LogP contribution < -0.4 is 0 Å². The normalized spacial score (nSPS) is 22.0. The molecule has 122 valence electrons. The van der Waals surface area contributed by atoms with Crippen molar-refractivity contribution in [1.82, 2.24) is 0 Å². The van der Waals surface area contributed by atoms with Crippen LogP contribution >= 0.6 is 0 Å². The van der Waals surface area contributed by atoms with Crippen molar-refractivity contribution in [1.29, 1.82) is 0 Å². The number of hydrogen-bond acceptors (Lipinski definition) is 4. The van der Waals surface area contributed by atoms with Crippen molar-refractivity contribution in [3.63, 3.8) is 0 Å². The minimum absolute atomic E-state index is 0.122. The molecule has 5 heteroatoms. The predicted octanol–water partition coefficient (Wildman–Crippen LogP) is 3.30. The van der Waals surface area contributed by atoms with E-state index in [9.17, 15) is 13.0 Å². The lowest BCUT2D eigenvalue weighted by Gasteiger charge is -2.30. The Morgan fingerprint density at radius 3 is 2.39 bits per heavy atom. The molecule has 1 aliphatic rings. The van der Waals surface area contributed by atoms with E-state index < -0.39 is 10.1 Å². The second-order valence-corrected chi connectivity index (χ2v) is 7.34. The van der Waals surface area contributed by atoms with E-state index in [2.05, 4.69) is 12.1 Å². The molecule has 3 rings (SSSR count). The van der Waals surface area contributed by atoms with Gasteiger partial charge in [0.25, 0.3) is 0 Å². The molecule has 23 heavy (non-hydrogen) atoms. The number of rotatable bonds is 4. The van der Waals surface area contributed by atoms with Crippen LogP contribution in [0.25, 0.3) is 0 Å². The summed E-state index contributed by atoms with van der Waals surface area (Å²) in [5.41, 5.74) is 2.25. The lowest BCUT2D eigenvalue weighted by molar-refractivity contribution is -0.0102. The highest BCUT2D eigenvalue weighted by Gasteiger charge is 2.23. The van der Waals surface area contributed by atoms with Crippen molar-refractivity contribution < 1.29 is 17.7 Å². The maximum absolute atomic E-state index is 11.0. The average Bonchev–Trinajstić information content (AvgIpc) is 2.56. The molecule has 2 aromatic rings. The number of hydrogen-bond donors (Lipinski definition) is 0. The van der Waals surface area contributed by atoms with Gasteiger partial charge in [-0.25, -0.2) is 8.42 Å². The smallest absolute Gasteiger partial charge is 0.124 e. The molecule has 0 bridgehead atoms. The van der Waals surface area contributed by atoms with Gasteiger partial charge in [-0.15, -0.1) is 0 Å². The maximum atomic E-state index is 11.0. The van der Waals surface area contributed by atoms with E-state index in [-0.39, 0.29) is 11.0 Å². The Hall–Kier alpha value is -1.69. The highest BCUT2D eigenvalue weighted by molar-refractivity contribution is 7.85. The van der Waals surface area contributed by atoms with Gasteiger partial charge in [0.2, 0.25) is 0 Å². The van der Waals surface area contributed by atoms with Crippen molar-refractivity contribution in [3.8, 4) is 0 Å². The number of ether oxygens (including phenoxy) is 1. The van der Waals surface area contributed by atoms with Crippen LogP contribution in [0.2, 0.25) is 0 Å². The molecule has 2 atom stereocenters. The third-order valence-electron chi connectivity index (χ3n) is 4.30. The fraction of sp³-hybridized carbons (Fsp3) is 0.333. The van der Waals surface area contributed by atoms with Crippen molar-refractivity contribution in [2.45, 2.75) is 30.3 Å². The van der Waals surface area contributed by atoms with Crippen molar-refractivity contribution in [2.24, 2.45) is 5.92 Å². The molecule has 4 nitrogen and oxygen atoms in total. The Bertz CT molecular complexity index is 738. The fourth-order valence-corrected chi connectivity index (χ4v) is 3.55. The summed E-state index contributed by atoms with van der Waals surface area (Å²) in [6.07, 6.45) is 2.93. The summed E-state index contributed by atoms with van der Waals surface area (Å²) in [5.74, 6) is 0.490. The zero-order valence-electron chi connectivity index (χ0n) is 12.7. The van der Waals surface area contributed by atoms with Crippen LogP contribution in [0.5, 0.6) is 0 Å². The third-order valence-corrected chi connectivity index (χ3v) is 5.15. The SMILES string of the molecule is O=S(=O)([O-])c1ccc(CC2CCOC(c3ccccc3)C2)cc1. The Kier molecular flexibility index (Phi) is 4.80. The Morgan fingerprint density at radius 1 is 1.04 bits per heavy atom. The molecular formula is C18H19O4S-. The van der Waals surface area contributed by atoms with E-state index in [1.54, 1.807) is 12.1 Å². The molecule has 0 spiro atoms. The molecule has 0 amide bonds. The van der Waals surface area contributed by atoms with Gasteiger partial charge in [0.1, 0.15) is 10.1 Å². The van der Waals surface area contributed by atoms with E-state index in [4.69, 9.17) is 4.74 Å². The van der Waals surface area contributed by atoms with E-state index in [1.165, 1.54) is 17.7 Å². The maximum Gasteiger partial charge on any atom is 0.124 e. The molecular weight excluding hydrogens is 312 g/mol. The molecule has 0 radical (unpaired) electrons. The molecule has 1 saturated heterocycles. The van der Waals surface area contributed by atoms with Gasteiger partial charge in [0.15, 0.2) is 0 Å². The van der Waals surface area contributed by atoms with Crippen molar-refractivity contribution in [3.05, 3.63) is 65.7 Å². The highest BCUT2D eigenvalue weighted by atomic mass is 32.2. The summed E-state index contributed by atoms with van der Waals surface area (Å²) in [4.78, 5) is -0.171. The van der Waals surface area contributed by atoms with E-state index in [0.717, 1.165) is 31.4 Å². The molecule has 1 heterocycles. The standard InChI is InChI=1S/C18H20O4S/c19-23(20,21)17-8-6-14(7-9-17)12-15-10-11-22-18(13-15)16-4-2-1-3-5-16/h1-9,15,18H,10-13H2,(H,19,20,21)/p-1. The summed E-state index contributed by atoms with van der Waals surface area (Å²) in [7, 11) is -4.37. The Labute approximate surface area is 136 Å². The first kappa shape index (κ1) is 16.2. The zero-order chi connectivity index (χ0) is 16.3. The van der Waals surface area contributed by atoms with Gasteiger partial charge in [-0.1, -0.05) is 42.5 Å².